The van der Waals surface area contributed by atoms with Gasteiger partial charge in [0.05, 0.1) is 0 Å². The number of hydrogen-bond donors (Lipinski definition) is 1. The van der Waals surface area contributed by atoms with E-state index in [9.17, 15) is 0 Å². The molecule has 0 fully saturated rings. The number of aryl methyl sites for hydroxylation is 1. The van der Waals surface area contributed by atoms with Crippen LogP contribution in [0.5, 0.6) is 0 Å². The predicted molar refractivity (Wildman–Crippen MR) is 81.3 cm³/mol. The Bertz CT molecular complexity index is 494. The van der Waals surface area contributed by atoms with E-state index in [2.05, 4.69) is 73.4 Å². The molecule has 1 aromatic carbocycles. The Kier molecular flexibility index (Phi) is 4.80. The van der Waals surface area contributed by atoms with Crippen molar-refractivity contribution in [3.63, 3.8) is 0 Å². The molecule has 0 radical (unpaired) electrons. The lowest BCUT2D eigenvalue weighted by molar-refractivity contribution is 0.552. The van der Waals surface area contributed by atoms with Gasteiger partial charge in [-0.15, -0.1) is 0 Å². The second-order valence-corrected chi connectivity index (χ2v) is 5.70. The zero-order chi connectivity index (χ0) is 13.7. The molecule has 0 atom stereocenters. The van der Waals surface area contributed by atoms with E-state index in [0.717, 1.165) is 19.6 Å². The van der Waals surface area contributed by atoms with E-state index in [1.807, 2.05) is 0 Å². The van der Waals surface area contributed by atoms with Crippen LogP contribution >= 0.6 is 0 Å². The Labute approximate surface area is 116 Å². The third-order valence-corrected chi connectivity index (χ3v) is 3.18. The molecule has 2 aromatic rings. The molecular weight excluding hydrogens is 232 g/mol. The highest BCUT2D eigenvalue weighted by atomic mass is 14.9. The van der Waals surface area contributed by atoms with Gasteiger partial charge in [0.25, 0.3) is 0 Å². The van der Waals surface area contributed by atoms with E-state index in [-0.39, 0.29) is 0 Å². The first-order valence-corrected chi connectivity index (χ1v) is 7.04. The second kappa shape index (κ2) is 6.58. The lowest BCUT2D eigenvalue weighted by Crippen LogP contribution is -2.18. The first kappa shape index (κ1) is 13.9. The summed E-state index contributed by atoms with van der Waals surface area (Å²) >= 11 is 0. The molecule has 2 rings (SSSR count). The predicted octanol–water partition coefficient (Wildman–Crippen LogP) is 3.59. The van der Waals surface area contributed by atoms with E-state index >= 15 is 0 Å². The summed E-state index contributed by atoms with van der Waals surface area (Å²) in [4.78, 5) is 0. The fraction of sp³-hybridized carbons (Fsp3) is 0.412. The minimum Gasteiger partial charge on any atom is -0.350 e. The summed E-state index contributed by atoms with van der Waals surface area (Å²) in [5.41, 5.74) is 4.02. The highest BCUT2D eigenvalue weighted by Crippen LogP contribution is 2.08. The monoisotopic (exact) mass is 256 g/mol. The molecule has 0 aliphatic rings. The van der Waals surface area contributed by atoms with Gasteiger partial charge in [-0.25, -0.2) is 0 Å². The number of hydrogen-bond acceptors (Lipinski definition) is 1. The van der Waals surface area contributed by atoms with Gasteiger partial charge in [0.15, 0.2) is 0 Å². The van der Waals surface area contributed by atoms with E-state index < -0.39 is 0 Å². The second-order valence-electron chi connectivity index (χ2n) is 5.70. The maximum atomic E-state index is 3.47. The fourth-order valence-corrected chi connectivity index (χ4v) is 2.10. The lowest BCUT2D eigenvalue weighted by atomic mass is 10.1. The molecule has 0 aliphatic heterocycles. The average Bonchev–Trinajstić information content (AvgIpc) is 2.79. The third-order valence-electron chi connectivity index (χ3n) is 3.18. The largest absolute Gasteiger partial charge is 0.350 e. The topological polar surface area (TPSA) is 17.0 Å². The Balaban J connectivity index is 1.88. The average molecular weight is 256 g/mol. The van der Waals surface area contributed by atoms with Crippen LogP contribution in [0.1, 0.15) is 30.5 Å². The molecule has 0 bridgehead atoms. The Morgan fingerprint density at radius 1 is 1.05 bits per heavy atom. The van der Waals surface area contributed by atoms with E-state index in [4.69, 9.17) is 0 Å². The third kappa shape index (κ3) is 4.56. The van der Waals surface area contributed by atoms with Gasteiger partial charge >= 0.3 is 0 Å². The quantitative estimate of drug-likeness (QED) is 0.835. The van der Waals surface area contributed by atoms with E-state index in [1.165, 1.54) is 16.7 Å². The molecule has 2 heteroatoms. The van der Waals surface area contributed by atoms with Crippen molar-refractivity contribution in [3.8, 4) is 0 Å². The molecule has 0 saturated carbocycles. The first-order chi connectivity index (χ1) is 9.13. The number of rotatable bonds is 6. The van der Waals surface area contributed by atoms with Gasteiger partial charge < -0.3 is 9.88 Å². The Hall–Kier alpha value is -1.54. The molecular formula is C17H24N2. The van der Waals surface area contributed by atoms with Crippen LogP contribution < -0.4 is 5.32 Å². The fourth-order valence-electron chi connectivity index (χ4n) is 2.10. The minimum atomic E-state index is 0.703. The number of benzene rings is 1. The molecule has 0 unspecified atom stereocenters. The summed E-state index contributed by atoms with van der Waals surface area (Å²) in [6, 6.07) is 10.9. The van der Waals surface area contributed by atoms with Crippen molar-refractivity contribution in [1.29, 1.82) is 0 Å². The molecule has 2 nitrogen and oxygen atoms in total. The highest BCUT2D eigenvalue weighted by molar-refractivity contribution is 5.22. The maximum Gasteiger partial charge on any atom is 0.0470 e. The summed E-state index contributed by atoms with van der Waals surface area (Å²) in [7, 11) is 0. The molecule has 1 heterocycles. The maximum absolute atomic E-state index is 3.47. The Morgan fingerprint density at radius 3 is 2.47 bits per heavy atom. The molecule has 0 saturated heterocycles. The van der Waals surface area contributed by atoms with Gasteiger partial charge in [-0.05, 0) is 36.6 Å². The van der Waals surface area contributed by atoms with Crippen molar-refractivity contribution in [2.24, 2.45) is 5.92 Å². The molecule has 1 aromatic heterocycles. The van der Waals surface area contributed by atoms with Crippen LogP contribution in [0.15, 0.2) is 42.7 Å². The van der Waals surface area contributed by atoms with Gasteiger partial charge in [0, 0.05) is 25.5 Å². The van der Waals surface area contributed by atoms with Crippen molar-refractivity contribution < 1.29 is 0 Å². The minimum absolute atomic E-state index is 0.703. The normalized spacial score (nSPS) is 11.2. The highest BCUT2D eigenvalue weighted by Gasteiger charge is 1.99. The molecule has 102 valence electrons. The molecule has 1 N–H and O–H groups in total. The first-order valence-electron chi connectivity index (χ1n) is 7.04. The summed E-state index contributed by atoms with van der Waals surface area (Å²) in [5, 5.41) is 3.47. The van der Waals surface area contributed by atoms with Crippen LogP contribution in [-0.4, -0.2) is 11.1 Å². The summed E-state index contributed by atoms with van der Waals surface area (Å²) in [6.45, 7) is 9.57. The summed E-state index contributed by atoms with van der Waals surface area (Å²) in [5.74, 6) is 0.703. The number of nitrogens with one attached hydrogen (secondary N) is 1. The van der Waals surface area contributed by atoms with Crippen molar-refractivity contribution in [1.82, 2.24) is 9.88 Å². The van der Waals surface area contributed by atoms with Crippen LogP contribution in [0.25, 0.3) is 0 Å². The van der Waals surface area contributed by atoms with Crippen molar-refractivity contribution in [2.45, 2.75) is 33.9 Å². The van der Waals surface area contributed by atoms with Gasteiger partial charge in [0.1, 0.15) is 0 Å². The van der Waals surface area contributed by atoms with Crippen LogP contribution in [0.3, 0.4) is 0 Å². The zero-order valence-corrected chi connectivity index (χ0v) is 12.2. The van der Waals surface area contributed by atoms with Gasteiger partial charge in [-0.1, -0.05) is 43.7 Å². The van der Waals surface area contributed by atoms with Crippen LogP contribution in [0, 0.1) is 12.8 Å². The van der Waals surface area contributed by atoms with Gasteiger partial charge in [0.2, 0.25) is 0 Å². The smallest absolute Gasteiger partial charge is 0.0470 e. The molecule has 19 heavy (non-hydrogen) atoms. The van der Waals surface area contributed by atoms with E-state index in [1.54, 1.807) is 0 Å². The number of nitrogens with zero attached hydrogens (tertiary/aromatic N) is 1. The molecule has 0 spiro atoms. The standard InChI is InChI=1S/C17H24N2/c1-14(2)10-18-11-17-8-9-19(13-17)12-16-6-4-15(3)5-7-16/h4-9,13-14,18H,10-12H2,1-3H3. The summed E-state index contributed by atoms with van der Waals surface area (Å²) < 4.78 is 2.25. The Morgan fingerprint density at radius 2 is 1.79 bits per heavy atom. The van der Waals surface area contributed by atoms with Crippen LogP contribution in [0.4, 0.5) is 0 Å². The van der Waals surface area contributed by atoms with Crippen LogP contribution in [0.2, 0.25) is 0 Å². The lowest BCUT2D eigenvalue weighted by Gasteiger charge is -2.06. The van der Waals surface area contributed by atoms with Gasteiger partial charge in [-0.2, -0.15) is 0 Å². The molecule has 0 amide bonds. The summed E-state index contributed by atoms with van der Waals surface area (Å²) in [6.07, 6.45) is 4.39. The van der Waals surface area contributed by atoms with Crippen LogP contribution in [-0.2, 0) is 13.1 Å². The van der Waals surface area contributed by atoms with E-state index in [0.29, 0.717) is 5.92 Å². The van der Waals surface area contributed by atoms with Crippen molar-refractivity contribution in [2.75, 3.05) is 6.54 Å². The number of aromatic nitrogens is 1. The van der Waals surface area contributed by atoms with Crippen molar-refractivity contribution >= 4 is 0 Å². The SMILES string of the molecule is Cc1ccc(Cn2ccc(CNCC(C)C)c2)cc1. The molecule has 0 aliphatic carbocycles. The van der Waals surface area contributed by atoms with Gasteiger partial charge in [-0.3, -0.25) is 0 Å². The van der Waals surface area contributed by atoms with Crippen molar-refractivity contribution in [3.05, 3.63) is 59.4 Å². The zero-order valence-electron chi connectivity index (χ0n) is 12.2.